The summed E-state index contributed by atoms with van der Waals surface area (Å²) in [6.45, 7) is 1.90. The number of nitrogens with zero attached hydrogens (tertiary/aromatic N) is 2. The minimum atomic E-state index is -0.569. The first kappa shape index (κ1) is 21.8. The van der Waals surface area contributed by atoms with Crippen LogP contribution in [0.4, 0.5) is 11.4 Å². The van der Waals surface area contributed by atoms with Crippen molar-refractivity contribution in [3.63, 3.8) is 0 Å². The second-order valence-electron chi connectivity index (χ2n) is 6.71. The Bertz CT molecular complexity index is 1030. The highest BCUT2D eigenvalue weighted by atomic mass is 35.5. The van der Waals surface area contributed by atoms with Gasteiger partial charge in [0.25, 0.3) is 5.91 Å². The van der Waals surface area contributed by atoms with E-state index in [4.69, 9.17) is 32.7 Å². The number of halogens is 2. The quantitative estimate of drug-likeness (QED) is 0.490. The van der Waals surface area contributed by atoms with Crippen LogP contribution in [0.25, 0.3) is 6.08 Å². The van der Waals surface area contributed by atoms with E-state index in [0.717, 1.165) is 31.6 Å². The third-order valence-corrected chi connectivity index (χ3v) is 5.56. The van der Waals surface area contributed by atoms with Crippen LogP contribution >= 0.6 is 23.2 Å². The van der Waals surface area contributed by atoms with Crippen LogP contribution in [0.1, 0.15) is 18.4 Å². The van der Waals surface area contributed by atoms with Gasteiger partial charge in [0.1, 0.15) is 23.1 Å². The maximum atomic E-state index is 12.6. The van der Waals surface area contributed by atoms with Gasteiger partial charge in [0.2, 0.25) is 0 Å². The van der Waals surface area contributed by atoms with Crippen molar-refractivity contribution in [2.24, 2.45) is 0 Å². The third-order valence-electron chi connectivity index (χ3n) is 4.82. The Hall–Kier alpha value is -2.88. The summed E-state index contributed by atoms with van der Waals surface area (Å²) in [5, 5.41) is 12.9. The Morgan fingerprint density at radius 2 is 1.80 bits per heavy atom. The molecule has 0 unspecified atom stereocenters. The lowest BCUT2D eigenvalue weighted by atomic mass is 10.1. The Kier molecular flexibility index (Phi) is 7.09. The van der Waals surface area contributed by atoms with Crippen LogP contribution in [0.15, 0.2) is 35.9 Å². The number of anilines is 2. The van der Waals surface area contributed by atoms with Crippen molar-refractivity contribution in [3.05, 3.63) is 51.5 Å². The lowest BCUT2D eigenvalue weighted by Crippen LogP contribution is -2.18. The van der Waals surface area contributed by atoms with Crippen molar-refractivity contribution in [1.82, 2.24) is 0 Å². The highest BCUT2D eigenvalue weighted by Crippen LogP contribution is 2.38. The SMILES string of the molecule is COc1cc(N2CCCC2)c(OC)cc1/C=C(/C#N)C(=O)Nc1ccc(Cl)c(Cl)c1. The van der Waals surface area contributed by atoms with Crippen molar-refractivity contribution in [3.8, 4) is 17.6 Å². The average molecular weight is 446 g/mol. The standard InChI is InChI=1S/C22H21Cl2N3O3/c1-29-20-12-19(27-7-3-4-8-27)21(30-2)10-14(20)9-15(13-25)22(28)26-16-5-6-17(23)18(24)11-16/h5-6,9-12H,3-4,7-8H2,1-2H3,(H,26,28)/b15-9-. The van der Waals surface area contributed by atoms with E-state index in [2.05, 4.69) is 10.2 Å². The number of rotatable bonds is 6. The van der Waals surface area contributed by atoms with E-state index >= 15 is 0 Å². The van der Waals surface area contributed by atoms with E-state index in [-0.39, 0.29) is 5.57 Å². The van der Waals surface area contributed by atoms with Crippen molar-refractivity contribution in [2.75, 3.05) is 37.5 Å². The van der Waals surface area contributed by atoms with Crippen LogP contribution in [0.3, 0.4) is 0 Å². The predicted molar refractivity (Wildman–Crippen MR) is 120 cm³/mol. The Morgan fingerprint density at radius 1 is 1.10 bits per heavy atom. The number of nitriles is 1. The lowest BCUT2D eigenvalue weighted by Gasteiger charge is -2.22. The molecule has 1 fully saturated rings. The molecule has 1 heterocycles. The zero-order valence-electron chi connectivity index (χ0n) is 16.7. The molecule has 1 aliphatic heterocycles. The molecular weight excluding hydrogens is 425 g/mol. The molecule has 2 aromatic carbocycles. The van der Waals surface area contributed by atoms with Crippen LogP contribution in [-0.2, 0) is 4.79 Å². The van der Waals surface area contributed by atoms with Gasteiger partial charge in [0, 0.05) is 30.4 Å². The smallest absolute Gasteiger partial charge is 0.266 e. The second-order valence-corrected chi connectivity index (χ2v) is 7.53. The number of ether oxygens (including phenoxy) is 2. The molecule has 0 aliphatic carbocycles. The molecule has 2 aromatic rings. The molecule has 0 saturated carbocycles. The minimum absolute atomic E-state index is 0.0876. The van der Waals surface area contributed by atoms with Gasteiger partial charge in [-0.15, -0.1) is 0 Å². The molecule has 8 heteroatoms. The zero-order valence-corrected chi connectivity index (χ0v) is 18.2. The summed E-state index contributed by atoms with van der Waals surface area (Å²) in [7, 11) is 3.14. The number of benzene rings is 2. The van der Waals surface area contributed by atoms with Gasteiger partial charge in [-0.3, -0.25) is 4.79 Å². The van der Waals surface area contributed by atoms with Crippen LogP contribution in [0, 0.1) is 11.3 Å². The Morgan fingerprint density at radius 3 is 2.40 bits per heavy atom. The third kappa shape index (κ3) is 4.81. The Balaban J connectivity index is 1.92. The summed E-state index contributed by atoms with van der Waals surface area (Å²) in [6, 6.07) is 10.3. The molecule has 1 saturated heterocycles. The number of hydrogen-bond acceptors (Lipinski definition) is 5. The van der Waals surface area contributed by atoms with Crippen LogP contribution < -0.4 is 19.7 Å². The van der Waals surface area contributed by atoms with Gasteiger partial charge in [0.05, 0.1) is 30.0 Å². The molecule has 0 bridgehead atoms. The molecule has 0 radical (unpaired) electrons. The number of amides is 1. The second kappa shape index (κ2) is 9.75. The van der Waals surface area contributed by atoms with Gasteiger partial charge in [-0.05, 0) is 43.2 Å². The first-order chi connectivity index (χ1) is 14.5. The van der Waals surface area contributed by atoms with Crippen LogP contribution in [-0.4, -0.2) is 33.2 Å². The van der Waals surface area contributed by atoms with Crippen LogP contribution in [0.5, 0.6) is 11.5 Å². The fourth-order valence-electron chi connectivity index (χ4n) is 3.30. The highest BCUT2D eigenvalue weighted by molar-refractivity contribution is 6.42. The molecule has 0 aromatic heterocycles. The molecule has 1 N–H and O–H groups in total. The van der Waals surface area contributed by atoms with Gasteiger partial charge >= 0.3 is 0 Å². The summed E-state index contributed by atoms with van der Waals surface area (Å²) in [5.74, 6) is 0.638. The van der Waals surface area contributed by atoms with Gasteiger partial charge in [-0.2, -0.15) is 5.26 Å². The summed E-state index contributed by atoms with van der Waals surface area (Å²) in [5.41, 5.74) is 1.85. The number of methoxy groups -OCH3 is 2. The minimum Gasteiger partial charge on any atom is -0.496 e. The van der Waals surface area contributed by atoms with Gasteiger partial charge in [-0.1, -0.05) is 23.2 Å². The van der Waals surface area contributed by atoms with Crippen molar-refractivity contribution >= 4 is 46.6 Å². The molecule has 0 spiro atoms. The van der Waals surface area contributed by atoms with E-state index in [1.165, 1.54) is 12.1 Å². The Labute approximate surface area is 185 Å². The molecule has 156 valence electrons. The topological polar surface area (TPSA) is 74.6 Å². The average Bonchev–Trinajstić information content (AvgIpc) is 3.28. The number of hydrogen-bond donors (Lipinski definition) is 1. The molecule has 3 rings (SSSR count). The molecule has 6 nitrogen and oxygen atoms in total. The summed E-state index contributed by atoms with van der Waals surface area (Å²) in [4.78, 5) is 14.8. The first-order valence-electron chi connectivity index (χ1n) is 9.36. The van der Waals surface area contributed by atoms with Crippen LogP contribution in [0.2, 0.25) is 10.0 Å². The van der Waals surface area contributed by atoms with Crippen molar-refractivity contribution < 1.29 is 14.3 Å². The van der Waals surface area contributed by atoms with E-state index in [1.807, 2.05) is 12.1 Å². The number of nitrogens with one attached hydrogen (secondary N) is 1. The maximum Gasteiger partial charge on any atom is 0.266 e. The fourth-order valence-corrected chi connectivity index (χ4v) is 3.60. The molecule has 0 atom stereocenters. The zero-order chi connectivity index (χ0) is 21.7. The molecule has 1 aliphatic rings. The summed E-state index contributed by atoms with van der Waals surface area (Å²) in [6.07, 6.45) is 3.73. The number of carbonyl (C=O) groups excluding carboxylic acids is 1. The molecule has 1 amide bonds. The summed E-state index contributed by atoms with van der Waals surface area (Å²) >= 11 is 11.9. The van der Waals surface area contributed by atoms with Gasteiger partial charge < -0.3 is 19.7 Å². The molecular formula is C22H21Cl2N3O3. The maximum absolute atomic E-state index is 12.6. The molecule has 30 heavy (non-hydrogen) atoms. The van der Waals surface area contributed by atoms with E-state index in [0.29, 0.717) is 32.8 Å². The highest BCUT2D eigenvalue weighted by Gasteiger charge is 2.20. The van der Waals surface area contributed by atoms with Crippen molar-refractivity contribution in [2.45, 2.75) is 12.8 Å². The van der Waals surface area contributed by atoms with E-state index in [9.17, 15) is 10.1 Å². The van der Waals surface area contributed by atoms with Gasteiger partial charge in [-0.25, -0.2) is 0 Å². The number of carbonyl (C=O) groups is 1. The predicted octanol–water partition coefficient (Wildman–Crippen LogP) is 5.16. The summed E-state index contributed by atoms with van der Waals surface area (Å²) < 4.78 is 11.1. The van der Waals surface area contributed by atoms with Gasteiger partial charge in [0.15, 0.2) is 0 Å². The normalized spacial score (nSPS) is 13.7. The fraction of sp³-hybridized carbons (Fsp3) is 0.273. The van der Waals surface area contributed by atoms with E-state index in [1.54, 1.807) is 32.4 Å². The largest absolute Gasteiger partial charge is 0.496 e. The lowest BCUT2D eigenvalue weighted by molar-refractivity contribution is -0.112. The van der Waals surface area contributed by atoms with Crippen molar-refractivity contribution in [1.29, 1.82) is 5.26 Å². The first-order valence-corrected chi connectivity index (χ1v) is 10.1. The van der Waals surface area contributed by atoms with E-state index < -0.39 is 5.91 Å². The monoisotopic (exact) mass is 445 g/mol.